The fourth-order valence-corrected chi connectivity index (χ4v) is 2.65. The molecular formula is C24H23NO. The maximum Gasteiger partial charge on any atom is 0.142 e. The third-order valence-electron chi connectivity index (χ3n) is 4.08. The lowest BCUT2D eigenvalue weighted by molar-refractivity contribution is 0.309. The van der Waals surface area contributed by atoms with E-state index in [4.69, 9.17) is 4.74 Å². The Bertz CT molecular complexity index is 879. The summed E-state index contributed by atoms with van der Waals surface area (Å²) in [5.41, 5.74) is 5.39. The minimum Gasteiger partial charge on any atom is -0.495 e. The molecule has 0 saturated heterocycles. The van der Waals surface area contributed by atoms with Gasteiger partial charge in [-0.05, 0) is 30.7 Å². The first kappa shape index (κ1) is 17.6. The number of anilines is 1. The Morgan fingerprint density at radius 3 is 2.04 bits per heavy atom. The third kappa shape index (κ3) is 4.64. The van der Waals surface area contributed by atoms with E-state index in [1.54, 1.807) is 7.11 Å². The van der Waals surface area contributed by atoms with Crippen LogP contribution in [0.1, 0.15) is 16.7 Å². The zero-order chi connectivity index (χ0) is 18.2. The van der Waals surface area contributed by atoms with Crippen LogP contribution in [0.4, 0.5) is 5.69 Å². The Hall–Kier alpha value is -3.26. The molecule has 0 amide bonds. The lowest BCUT2D eigenvalue weighted by atomic mass is 10.1. The lowest BCUT2D eigenvalue weighted by Crippen LogP contribution is -2.03. The summed E-state index contributed by atoms with van der Waals surface area (Å²) in [7, 11) is 1.70. The molecule has 2 heteroatoms. The molecule has 130 valence electrons. The van der Waals surface area contributed by atoms with Crippen LogP contribution < -0.4 is 5.32 Å². The standard InChI is InChI=1S/C24H23NO/c1-19-13-16-22(17-14-19)25-24(21-11-7-4-8-12-21)23(26-2)18-15-20-9-5-3-6-10-20/h3-18,25H,1-2H3/b18-15+,24-23+. The van der Waals surface area contributed by atoms with Crippen molar-refractivity contribution in [3.05, 3.63) is 113 Å². The van der Waals surface area contributed by atoms with Crippen molar-refractivity contribution < 1.29 is 4.74 Å². The van der Waals surface area contributed by atoms with Crippen LogP contribution in [0.3, 0.4) is 0 Å². The van der Waals surface area contributed by atoms with Crippen LogP contribution in [0.15, 0.2) is 96.8 Å². The molecule has 1 N–H and O–H groups in total. The molecular weight excluding hydrogens is 318 g/mol. The van der Waals surface area contributed by atoms with Crippen LogP contribution in [0.25, 0.3) is 11.8 Å². The molecule has 2 nitrogen and oxygen atoms in total. The van der Waals surface area contributed by atoms with Crippen LogP contribution in [-0.4, -0.2) is 7.11 Å². The Balaban J connectivity index is 2.00. The van der Waals surface area contributed by atoms with E-state index in [-0.39, 0.29) is 0 Å². The van der Waals surface area contributed by atoms with Crippen LogP contribution in [0.5, 0.6) is 0 Å². The molecule has 3 aromatic rings. The SMILES string of the molecule is COC(/C=C/c1ccccc1)=C(/Nc1ccc(C)cc1)c1ccccc1. The molecule has 0 aliphatic rings. The molecule has 0 atom stereocenters. The fraction of sp³-hybridized carbons (Fsp3) is 0.0833. The van der Waals surface area contributed by atoms with Gasteiger partial charge in [-0.3, -0.25) is 0 Å². The number of ether oxygens (including phenoxy) is 1. The summed E-state index contributed by atoms with van der Waals surface area (Å²) >= 11 is 0. The normalized spacial score (nSPS) is 11.9. The zero-order valence-electron chi connectivity index (χ0n) is 15.1. The second-order valence-corrected chi connectivity index (χ2v) is 6.04. The van der Waals surface area contributed by atoms with Crippen molar-refractivity contribution in [1.29, 1.82) is 0 Å². The van der Waals surface area contributed by atoms with Crippen molar-refractivity contribution in [2.75, 3.05) is 12.4 Å². The highest BCUT2D eigenvalue weighted by molar-refractivity contribution is 5.80. The summed E-state index contributed by atoms with van der Waals surface area (Å²) in [5, 5.41) is 3.51. The molecule has 0 radical (unpaired) electrons. The minimum absolute atomic E-state index is 0.778. The van der Waals surface area contributed by atoms with Crippen molar-refractivity contribution in [3.8, 4) is 0 Å². The van der Waals surface area contributed by atoms with Crippen molar-refractivity contribution in [3.63, 3.8) is 0 Å². The highest BCUT2D eigenvalue weighted by atomic mass is 16.5. The van der Waals surface area contributed by atoms with Gasteiger partial charge < -0.3 is 10.1 Å². The van der Waals surface area contributed by atoms with Crippen LogP contribution in [0, 0.1) is 6.92 Å². The average molecular weight is 341 g/mol. The summed E-state index contributed by atoms with van der Waals surface area (Å²) in [5.74, 6) is 0.778. The summed E-state index contributed by atoms with van der Waals surface area (Å²) in [6.07, 6.45) is 4.05. The third-order valence-corrected chi connectivity index (χ3v) is 4.08. The molecule has 0 aliphatic heterocycles. The Kier molecular flexibility index (Phi) is 5.89. The van der Waals surface area contributed by atoms with Crippen molar-refractivity contribution in [1.82, 2.24) is 0 Å². The Labute approximate surface area is 155 Å². The van der Waals surface area contributed by atoms with Crippen LogP contribution in [-0.2, 0) is 4.74 Å². The lowest BCUT2D eigenvalue weighted by Gasteiger charge is -2.15. The highest BCUT2D eigenvalue weighted by Crippen LogP contribution is 2.24. The van der Waals surface area contributed by atoms with Gasteiger partial charge in [0.1, 0.15) is 5.76 Å². The van der Waals surface area contributed by atoms with E-state index in [0.717, 1.165) is 28.3 Å². The second kappa shape index (κ2) is 8.72. The first-order chi connectivity index (χ1) is 12.8. The van der Waals surface area contributed by atoms with Gasteiger partial charge in [-0.1, -0.05) is 84.4 Å². The Morgan fingerprint density at radius 1 is 0.808 bits per heavy atom. The molecule has 26 heavy (non-hydrogen) atoms. The van der Waals surface area contributed by atoms with E-state index in [9.17, 15) is 0 Å². The van der Waals surface area contributed by atoms with E-state index in [0.29, 0.717) is 0 Å². The van der Waals surface area contributed by atoms with E-state index >= 15 is 0 Å². The summed E-state index contributed by atoms with van der Waals surface area (Å²) in [6.45, 7) is 2.08. The highest BCUT2D eigenvalue weighted by Gasteiger charge is 2.09. The monoisotopic (exact) mass is 341 g/mol. The number of hydrogen-bond donors (Lipinski definition) is 1. The molecule has 0 fully saturated rings. The number of rotatable bonds is 6. The molecule has 3 aromatic carbocycles. The van der Waals surface area contributed by atoms with Gasteiger partial charge >= 0.3 is 0 Å². The van der Waals surface area contributed by atoms with Crippen molar-refractivity contribution in [2.45, 2.75) is 6.92 Å². The van der Waals surface area contributed by atoms with E-state index in [1.807, 2.05) is 42.5 Å². The van der Waals surface area contributed by atoms with Crippen molar-refractivity contribution in [2.24, 2.45) is 0 Å². The molecule has 0 heterocycles. The van der Waals surface area contributed by atoms with E-state index in [2.05, 4.69) is 66.8 Å². The van der Waals surface area contributed by atoms with Crippen molar-refractivity contribution >= 4 is 17.5 Å². The summed E-state index contributed by atoms with van der Waals surface area (Å²) in [4.78, 5) is 0. The van der Waals surface area contributed by atoms with Gasteiger partial charge in [0.25, 0.3) is 0 Å². The largest absolute Gasteiger partial charge is 0.495 e. The number of hydrogen-bond acceptors (Lipinski definition) is 2. The molecule has 3 rings (SSSR count). The predicted octanol–water partition coefficient (Wildman–Crippen LogP) is 6.14. The molecule has 0 spiro atoms. The van der Waals surface area contributed by atoms with Gasteiger partial charge in [-0.15, -0.1) is 0 Å². The quantitative estimate of drug-likeness (QED) is 0.430. The smallest absolute Gasteiger partial charge is 0.142 e. The average Bonchev–Trinajstić information content (AvgIpc) is 2.70. The summed E-state index contributed by atoms with van der Waals surface area (Å²) in [6, 6.07) is 28.8. The number of allylic oxidation sites excluding steroid dienone is 1. The Morgan fingerprint density at radius 2 is 1.42 bits per heavy atom. The zero-order valence-corrected chi connectivity index (χ0v) is 15.1. The molecule has 0 unspecified atom stereocenters. The number of methoxy groups -OCH3 is 1. The van der Waals surface area contributed by atoms with Gasteiger partial charge in [0.15, 0.2) is 0 Å². The maximum absolute atomic E-state index is 5.71. The van der Waals surface area contributed by atoms with Gasteiger partial charge in [0.2, 0.25) is 0 Å². The first-order valence-electron chi connectivity index (χ1n) is 8.67. The van der Waals surface area contributed by atoms with Gasteiger partial charge in [-0.25, -0.2) is 0 Å². The molecule has 0 aliphatic carbocycles. The summed E-state index contributed by atoms with van der Waals surface area (Å²) < 4.78 is 5.71. The predicted molar refractivity (Wildman–Crippen MR) is 111 cm³/mol. The number of benzene rings is 3. The molecule has 0 aromatic heterocycles. The number of aryl methyl sites for hydroxylation is 1. The van der Waals surface area contributed by atoms with Crippen LogP contribution in [0.2, 0.25) is 0 Å². The first-order valence-corrected chi connectivity index (χ1v) is 8.67. The maximum atomic E-state index is 5.71. The van der Waals surface area contributed by atoms with Gasteiger partial charge in [0.05, 0.1) is 12.8 Å². The van der Waals surface area contributed by atoms with E-state index in [1.165, 1.54) is 5.56 Å². The van der Waals surface area contributed by atoms with Gasteiger partial charge in [0, 0.05) is 11.3 Å². The van der Waals surface area contributed by atoms with Crippen LogP contribution >= 0.6 is 0 Å². The minimum atomic E-state index is 0.778. The fourth-order valence-electron chi connectivity index (χ4n) is 2.65. The molecule has 0 bridgehead atoms. The van der Waals surface area contributed by atoms with E-state index < -0.39 is 0 Å². The number of nitrogens with one attached hydrogen (secondary N) is 1. The topological polar surface area (TPSA) is 21.3 Å². The second-order valence-electron chi connectivity index (χ2n) is 6.04. The molecule has 0 saturated carbocycles. The van der Waals surface area contributed by atoms with Gasteiger partial charge in [-0.2, -0.15) is 0 Å².